The van der Waals surface area contributed by atoms with E-state index in [-0.39, 0.29) is 11.9 Å². The first-order valence-corrected chi connectivity index (χ1v) is 13.4. The van der Waals surface area contributed by atoms with Gasteiger partial charge in [0.25, 0.3) is 0 Å². The van der Waals surface area contributed by atoms with Crippen LogP contribution in [0.15, 0.2) is 42.5 Å². The lowest BCUT2D eigenvalue weighted by Crippen LogP contribution is -2.49. The molecule has 0 radical (unpaired) electrons. The van der Waals surface area contributed by atoms with Crippen LogP contribution in [0.3, 0.4) is 0 Å². The van der Waals surface area contributed by atoms with Gasteiger partial charge in [0.15, 0.2) is 0 Å². The maximum atomic E-state index is 13.4. The molecular weight excluding hydrogens is 450 g/mol. The molecule has 0 fully saturated rings. The molecule has 2 amide bonds. The number of nitrogens with zero attached hydrogens (tertiary/aromatic N) is 1. The minimum atomic E-state index is -0.669. The molecule has 200 valence electrons. The van der Waals surface area contributed by atoms with E-state index in [1.54, 1.807) is 0 Å². The predicted octanol–water partition coefficient (Wildman–Crippen LogP) is 6.30. The van der Waals surface area contributed by atoms with Gasteiger partial charge in [-0.05, 0) is 75.3 Å². The fourth-order valence-corrected chi connectivity index (χ4v) is 4.55. The van der Waals surface area contributed by atoms with Gasteiger partial charge in [-0.1, -0.05) is 70.2 Å². The maximum Gasteiger partial charge on any atom is 0.408 e. The number of ether oxygens (including phenoxy) is 1. The third-order valence-electron chi connectivity index (χ3n) is 5.87. The van der Waals surface area contributed by atoms with E-state index in [0.717, 1.165) is 42.4 Å². The van der Waals surface area contributed by atoms with Gasteiger partial charge in [0.2, 0.25) is 5.91 Å². The van der Waals surface area contributed by atoms with Crippen LogP contribution < -0.4 is 10.6 Å². The Balaban J connectivity index is 2.12. The van der Waals surface area contributed by atoms with Crippen molar-refractivity contribution < 1.29 is 14.3 Å². The van der Waals surface area contributed by atoms with E-state index in [0.29, 0.717) is 18.3 Å². The van der Waals surface area contributed by atoms with Crippen molar-refractivity contribution in [3.8, 4) is 0 Å². The Morgan fingerprint density at radius 1 is 0.889 bits per heavy atom. The third kappa shape index (κ3) is 10.2. The van der Waals surface area contributed by atoms with Crippen molar-refractivity contribution in [2.75, 3.05) is 19.6 Å². The van der Waals surface area contributed by atoms with Crippen LogP contribution in [0.4, 0.5) is 4.79 Å². The molecule has 0 heterocycles. The minimum absolute atomic E-state index is 0.194. The van der Waals surface area contributed by atoms with Crippen molar-refractivity contribution in [2.24, 2.45) is 11.8 Å². The zero-order valence-corrected chi connectivity index (χ0v) is 23.6. The highest BCUT2D eigenvalue weighted by Gasteiger charge is 2.26. The van der Waals surface area contributed by atoms with Gasteiger partial charge in [-0.3, -0.25) is 4.79 Å². The van der Waals surface area contributed by atoms with Crippen molar-refractivity contribution in [2.45, 2.75) is 85.9 Å². The van der Waals surface area contributed by atoms with Gasteiger partial charge >= 0.3 is 6.09 Å². The van der Waals surface area contributed by atoms with Gasteiger partial charge in [-0.25, -0.2) is 4.79 Å². The van der Waals surface area contributed by atoms with Crippen molar-refractivity contribution >= 4 is 22.8 Å². The highest BCUT2D eigenvalue weighted by Crippen LogP contribution is 2.24. The molecule has 2 atom stereocenters. The zero-order chi connectivity index (χ0) is 26.9. The molecule has 0 aliphatic rings. The lowest BCUT2D eigenvalue weighted by molar-refractivity contribution is -0.124. The van der Waals surface area contributed by atoms with E-state index < -0.39 is 17.7 Å². The van der Waals surface area contributed by atoms with Crippen LogP contribution in [0.5, 0.6) is 0 Å². The fourth-order valence-electron chi connectivity index (χ4n) is 4.55. The molecule has 0 aromatic heterocycles. The topological polar surface area (TPSA) is 70.7 Å². The summed E-state index contributed by atoms with van der Waals surface area (Å²) in [5, 5.41) is 8.21. The summed E-state index contributed by atoms with van der Waals surface area (Å²) in [5.74, 6) is 0.953. The van der Waals surface area contributed by atoms with E-state index in [2.05, 4.69) is 61.4 Å². The second kappa shape index (κ2) is 13.6. The van der Waals surface area contributed by atoms with Gasteiger partial charge in [0.05, 0.1) is 6.04 Å². The lowest BCUT2D eigenvalue weighted by atomic mass is 9.99. The number of alkyl carbamates (subject to hydrolysis) is 1. The second-order valence-electron chi connectivity index (χ2n) is 11.7. The highest BCUT2D eigenvalue weighted by atomic mass is 16.6. The monoisotopic (exact) mass is 497 g/mol. The summed E-state index contributed by atoms with van der Waals surface area (Å²) in [5.41, 5.74) is 0.421. The molecule has 2 N–H and O–H groups in total. The number of carbonyl (C=O) groups is 2. The van der Waals surface area contributed by atoms with Crippen molar-refractivity contribution in [1.29, 1.82) is 0 Å². The Kier molecular flexibility index (Phi) is 11.2. The molecule has 0 saturated heterocycles. The first-order valence-electron chi connectivity index (χ1n) is 13.4. The molecular formula is C30H47N3O3. The number of rotatable bonds is 12. The summed E-state index contributed by atoms with van der Waals surface area (Å²) < 4.78 is 5.46. The van der Waals surface area contributed by atoms with Crippen LogP contribution >= 0.6 is 0 Å². The Labute approximate surface area is 218 Å². The quantitative estimate of drug-likeness (QED) is 0.361. The van der Waals surface area contributed by atoms with Gasteiger partial charge in [0.1, 0.15) is 11.6 Å². The first kappa shape index (κ1) is 29.6. The van der Waals surface area contributed by atoms with E-state index in [9.17, 15) is 9.59 Å². The largest absolute Gasteiger partial charge is 0.444 e. The van der Waals surface area contributed by atoms with Gasteiger partial charge in [0, 0.05) is 13.1 Å². The molecule has 2 aromatic carbocycles. The minimum Gasteiger partial charge on any atom is -0.444 e. The summed E-state index contributed by atoms with van der Waals surface area (Å²) in [6.45, 7) is 19.3. The number of hydrogen-bond acceptors (Lipinski definition) is 4. The summed E-state index contributed by atoms with van der Waals surface area (Å²) >= 11 is 0. The van der Waals surface area contributed by atoms with E-state index in [4.69, 9.17) is 4.74 Å². The maximum absolute atomic E-state index is 13.4. The standard InChI is InChI=1S/C30H47N3O3/c1-21(2)19-33(20-22(3)4)18-12-17-27(32-29(35)36-30(6,7)8)28(34)31-23(5)25-16-11-14-24-13-9-10-15-26(24)25/h9-11,13-16,21-23,27H,12,17-20H2,1-8H3,(H,31,34)(H,32,35)/t23-,27-/m0/s1. The molecule has 0 aliphatic heterocycles. The van der Waals surface area contributed by atoms with E-state index in [1.807, 2.05) is 52.0 Å². The molecule has 6 heteroatoms. The second-order valence-corrected chi connectivity index (χ2v) is 11.7. The number of amides is 2. The number of benzene rings is 2. The summed E-state index contributed by atoms with van der Waals surface area (Å²) in [7, 11) is 0. The molecule has 0 aliphatic carbocycles. The fraction of sp³-hybridized carbons (Fsp3) is 0.600. The molecule has 0 bridgehead atoms. The number of fused-ring (bicyclic) bond motifs is 1. The average Bonchev–Trinajstić information content (AvgIpc) is 2.75. The first-order chi connectivity index (χ1) is 16.9. The molecule has 2 aromatic rings. The summed E-state index contributed by atoms with van der Waals surface area (Å²) in [6, 6.07) is 13.4. The van der Waals surface area contributed by atoms with Crippen molar-refractivity contribution in [3.05, 3.63) is 48.0 Å². The molecule has 6 nitrogen and oxygen atoms in total. The van der Waals surface area contributed by atoms with Gasteiger partial charge in [-0.2, -0.15) is 0 Å². The van der Waals surface area contributed by atoms with Crippen LogP contribution in [-0.4, -0.2) is 48.2 Å². The molecule has 0 spiro atoms. The Hall–Kier alpha value is -2.60. The van der Waals surface area contributed by atoms with Gasteiger partial charge in [-0.15, -0.1) is 0 Å². The number of nitrogens with one attached hydrogen (secondary N) is 2. The lowest BCUT2D eigenvalue weighted by Gasteiger charge is -2.28. The summed E-state index contributed by atoms with van der Waals surface area (Å²) in [6.07, 6.45) is 0.775. The Bertz CT molecular complexity index is 966. The predicted molar refractivity (Wildman–Crippen MR) is 149 cm³/mol. The van der Waals surface area contributed by atoms with Crippen LogP contribution in [-0.2, 0) is 9.53 Å². The van der Waals surface area contributed by atoms with Gasteiger partial charge < -0.3 is 20.3 Å². The number of hydrogen-bond donors (Lipinski definition) is 2. The molecule has 0 unspecified atom stereocenters. The van der Waals surface area contributed by atoms with Crippen molar-refractivity contribution in [3.63, 3.8) is 0 Å². The smallest absolute Gasteiger partial charge is 0.408 e. The van der Waals surface area contributed by atoms with Crippen molar-refractivity contribution in [1.82, 2.24) is 15.5 Å². The van der Waals surface area contributed by atoms with Crippen LogP contribution in [0.2, 0.25) is 0 Å². The highest BCUT2D eigenvalue weighted by molar-refractivity contribution is 5.88. The molecule has 36 heavy (non-hydrogen) atoms. The Morgan fingerprint density at radius 2 is 1.50 bits per heavy atom. The SMILES string of the molecule is CC(C)CN(CCC[C@H](NC(=O)OC(C)(C)C)C(=O)N[C@@H](C)c1cccc2ccccc12)CC(C)C. The number of carbonyl (C=O) groups excluding carboxylic acids is 2. The normalized spacial score (nSPS) is 13.8. The average molecular weight is 498 g/mol. The summed E-state index contributed by atoms with van der Waals surface area (Å²) in [4.78, 5) is 28.4. The zero-order valence-electron chi connectivity index (χ0n) is 23.6. The van der Waals surface area contributed by atoms with E-state index >= 15 is 0 Å². The van der Waals surface area contributed by atoms with Crippen LogP contribution in [0.25, 0.3) is 10.8 Å². The Morgan fingerprint density at radius 3 is 2.11 bits per heavy atom. The molecule has 2 rings (SSSR count). The van der Waals surface area contributed by atoms with E-state index in [1.165, 1.54) is 0 Å². The van der Waals surface area contributed by atoms with Crippen LogP contribution in [0.1, 0.15) is 79.8 Å². The molecule has 0 saturated carbocycles. The van der Waals surface area contributed by atoms with Crippen LogP contribution in [0, 0.1) is 11.8 Å². The third-order valence-corrected chi connectivity index (χ3v) is 5.87.